The van der Waals surface area contributed by atoms with Gasteiger partial charge in [-0.1, -0.05) is 0 Å². The molecule has 2 rings (SSSR count). The van der Waals surface area contributed by atoms with Crippen molar-refractivity contribution < 1.29 is 20.4 Å². The lowest BCUT2D eigenvalue weighted by Crippen LogP contribution is -2.20. The van der Waals surface area contributed by atoms with Gasteiger partial charge in [-0.05, 0) is 0 Å². The van der Waals surface area contributed by atoms with Crippen LogP contribution in [0.1, 0.15) is 0 Å². The molecule has 92 valence electrons. The van der Waals surface area contributed by atoms with Crippen LogP contribution in [-0.4, -0.2) is 20.1 Å². The molecule has 0 bridgehead atoms. The second-order valence-electron chi connectivity index (χ2n) is 2.88. The predicted molar refractivity (Wildman–Crippen MR) is 56.0 cm³/mol. The molecule has 4 N–H and O–H groups in total. The van der Waals surface area contributed by atoms with E-state index in [0.717, 1.165) is 9.46 Å². The second-order valence-corrected chi connectivity index (χ2v) is 2.88. The Hall–Kier alpha value is -2.06. The molecule has 0 aliphatic rings. The predicted octanol–water partition coefficient (Wildman–Crippen LogP) is -2.33. The molecule has 0 saturated heterocycles. The van der Waals surface area contributed by atoms with E-state index in [2.05, 4.69) is 0 Å². The van der Waals surface area contributed by atoms with Crippen molar-refractivity contribution in [1.82, 2.24) is 9.13 Å². The SMILES string of the molecule is Cn1cc[n+]([O-])c1.Cn1cc[n+]([O-])c1.O.O. The summed E-state index contributed by atoms with van der Waals surface area (Å²) in [5, 5.41) is 20.4. The minimum Gasteiger partial charge on any atom is -0.711 e. The van der Waals surface area contributed by atoms with Gasteiger partial charge in [-0.3, -0.25) is 0 Å². The van der Waals surface area contributed by atoms with Crippen LogP contribution in [0.2, 0.25) is 0 Å². The summed E-state index contributed by atoms with van der Waals surface area (Å²) < 4.78 is 4.88. The zero-order chi connectivity index (χ0) is 10.6. The van der Waals surface area contributed by atoms with Crippen molar-refractivity contribution in [3.63, 3.8) is 0 Å². The highest BCUT2D eigenvalue weighted by molar-refractivity contribution is 4.62. The maximum atomic E-state index is 10.2. The summed E-state index contributed by atoms with van der Waals surface area (Å²) in [7, 11) is 3.60. The molecule has 8 heteroatoms. The zero-order valence-corrected chi connectivity index (χ0v) is 9.07. The van der Waals surface area contributed by atoms with E-state index in [1.807, 2.05) is 0 Å². The molecule has 0 aliphatic heterocycles. The standard InChI is InChI=1S/2C4H6N2O.2H2O/c2*1-5-2-3-6(7)4-5;;/h2*2-4H,1H3;2*1H2. The summed E-state index contributed by atoms with van der Waals surface area (Å²) in [5.74, 6) is 0. The van der Waals surface area contributed by atoms with Crippen molar-refractivity contribution >= 4 is 0 Å². The van der Waals surface area contributed by atoms with Gasteiger partial charge < -0.3 is 21.4 Å². The van der Waals surface area contributed by atoms with Crippen molar-refractivity contribution in [2.24, 2.45) is 14.1 Å². The Kier molecular flexibility index (Phi) is 7.43. The maximum Gasteiger partial charge on any atom is 0.246 e. The van der Waals surface area contributed by atoms with Gasteiger partial charge in [0.2, 0.25) is 12.7 Å². The number of nitrogens with zero attached hydrogens (tertiary/aromatic N) is 4. The summed E-state index contributed by atoms with van der Waals surface area (Å²) in [4.78, 5) is 0. The van der Waals surface area contributed by atoms with Crippen LogP contribution in [0.4, 0.5) is 0 Å². The molecule has 2 aromatic heterocycles. The van der Waals surface area contributed by atoms with Crippen molar-refractivity contribution in [3.05, 3.63) is 47.9 Å². The van der Waals surface area contributed by atoms with Gasteiger partial charge in [-0.15, -0.1) is 0 Å². The lowest BCUT2D eigenvalue weighted by molar-refractivity contribution is -0.604. The van der Waals surface area contributed by atoms with E-state index in [0.29, 0.717) is 0 Å². The Morgan fingerprint density at radius 1 is 0.812 bits per heavy atom. The lowest BCUT2D eigenvalue weighted by Gasteiger charge is -1.87. The van der Waals surface area contributed by atoms with E-state index in [1.165, 1.54) is 25.0 Å². The van der Waals surface area contributed by atoms with Gasteiger partial charge in [0.15, 0.2) is 0 Å². The third kappa shape index (κ3) is 5.62. The van der Waals surface area contributed by atoms with Gasteiger partial charge in [0.05, 0.1) is 14.1 Å². The van der Waals surface area contributed by atoms with Crippen LogP contribution < -0.4 is 9.46 Å². The molecular weight excluding hydrogens is 216 g/mol. The number of rotatable bonds is 0. The topological polar surface area (TPSA) is 127 Å². The van der Waals surface area contributed by atoms with Crippen molar-refractivity contribution in [1.29, 1.82) is 0 Å². The van der Waals surface area contributed by atoms with Gasteiger partial charge in [0.25, 0.3) is 0 Å². The van der Waals surface area contributed by atoms with Gasteiger partial charge in [-0.25, -0.2) is 18.6 Å². The molecule has 0 radical (unpaired) electrons. The first-order chi connectivity index (χ1) is 6.58. The smallest absolute Gasteiger partial charge is 0.246 e. The summed E-state index contributed by atoms with van der Waals surface area (Å²) in [6.07, 6.45) is 9.15. The average Bonchev–Trinajstić information content (AvgIpc) is 2.63. The van der Waals surface area contributed by atoms with E-state index in [9.17, 15) is 10.4 Å². The van der Waals surface area contributed by atoms with Gasteiger partial charge >= 0.3 is 0 Å². The molecule has 8 nitrogen and oxygen atoms in total. The molecule has 2 aromatic rings. The Bertz CT molecular complexity index is 327. The van der Waals surface area contributed by atoms with Crippen molar-refractivity contribution in [2.75, 3.05) is 0 Å². The van der Waals surface area contributed by atoms with Crippen LogP contribution >= 0.6 is 0 Å². The molecule has 0 unspecified atom stereocenters. The first-order valence-corrected chi connectivity index (χ1v) is 3.99. The van der Waals surface area contributed by atoms with Crippen LogP contribution in [0.15, 0.2) is 37.4 Å². The number of imidazole rings is 2. The largest absolute Gasteiger partial charge is 0.711 e. The summed E-state index contributed by atoms with van der Waals surface area (Å²) in [5.41, 5.74) is 0. The zero-order valence-electron chi connectivity index (χ0n) is 9.07. The molecule has 0 fully saturated rings. The van der Waals surface area contributed by atoms with E-state index < -0.39 is 0 Å². The molecule has 2 heterocycles. The van der Waals surface area contributed by atoms with Crippen LogP contribution in [-0.2, 0) is 14.1 Å². The molecule has 16 heavy (non-hydrogen) atoms. The first-order valence-electron chi connectivity index (χ1n) is 3.99. The fourth-order valence-electron chi connectivity index (χ4n) is 0.855. The number of aryl methyl sites for hydroxylation is 2. The van der Waals surface area contributed by atoms with Crippen LogP contribution in [0, 0.1) is 10.4 Å². The normalized spacial score (nSPS) is 8.12. The molecular formula is C8H16N4O4. The van der Waals surface area contributed by atoms with Gasteiger partial charge in [0.1, 0.15) is 24.8 Å². The lowest BCUT2D eigenvalue weighted by atomic mass is 10.9. The highest BCUT2D eigenvalue weighted by atomic mass is 16.5. The monoisotopic (exact) mass is 232 g/mol. The minimum atomic E-state index is 0. The van der Waals surface area contributed by atoms with E-state index in [4.69, 9.17) is 0 Å². The van der Waals surface area contributed by atoms with E-state index in [1.54, 1.807) is 35.6 Å². The van der Waals surface area contributed by atoms with Gasteiger partial charge in [0, 0.05) is 0 Å². The fourth-order valence-corrected chi connectivity index (χ4v) is 0.855. The van der Waals surface area contributed by atoms with E-state index >= 15 is 0 Å². The Labute approximate surface area is 92.4 Å². The number of hydrogen-bond acceptors (Lipinski definition) is 2. The van der Waals surface area contributed by atoms with Crippen LogP contribution in [0.25, 0.3) is 0 Å². The van der Waals surface area contributed by atoms with E-state index in [-0.39, 0.29) is 11.0 Å². The number of aromatic nitrogens is 4. The Morgan fingerprint density at radius 2 is 1.12 bits per heavy atom. The quantitative estimate of drug-likeness (QED) is 0.373. The fraction of sp³-hybridized carbons (Fsp3) is 0.250. The first kappa shape index (κ1) is 16.4. The molecule has 0 amide bonds. The minimum absolute atomic E-state index is 0. The average molecular weight is 232 g/mol. The molecule has 0 saturated carbocycles. The highest BCUT2D eigenvalue weighted by Crippen LogP contribution is 1.72. The molecule has 0 aromatic carbocycles. The molecule has 0 spiro atoms. The molecule has 0 atom stereocenters. The van der Waals surface area contributed by atoms with Gasteiger partial charge in [-0.2, -0.15) is 0 Å². The molecule has 0 aliphatic carbocycles. The third-order valence-corrected chi connectivity index (χ3v) is 1.49. The number of hydrogen-bond donors (Lipinski definition) is 0. The highest BCUT2D eigenvalue weighted by Gasteiger charge is 1.85. The summed E-state index contributed by atoms with van der Waals surface area (Å²) in [6, 6.07) is 0. The Balaban J connectivity index is 0. The van der Waals surface area contributed by atoms with Crippen LogP contribution in [0.3, 0.4) is 0 Å². The van der Waals surface area contributed by atoms with Crippen molar-refractivity contribution in [2.45, 2.75) is 0 Å². The second kappa shape index (κ2) is 7.26. The summed E-state index contributed by atoms with van der Waals surface area (Å²) in [6.45, 7) is 0. The van der Waals surface area contributed by atoms with Crippen molar-refractivity contribution in [3.8, 4) is 0 Å². The van der Waals surface area contributed by atoms with Crippen LogP contribution in [0.5, 0.6) is 0 Å². The summed E-state index contributed by atoms with van der Waals surface area (Å²) >= 11 is 0. The maximum absolute atomic E-state index is 10.2. The third-order valence-electron chi connectivity index (χ3n) is 1.49. The Morgan fingerprint density at radius 3 is 1.19 bits per heavy atom.